The Kier molecular flexibility index (Phi) is 6.86. The van der Waals surface area contributed by atoms with Crippen LogP contribution >= 0.6 is 11.6 Å². The second-order valence-electron chi connectivity index (χ2n) is 6.37. The van der Waals surface area contributed by atoms with Gasteiger partial charge < -0.3 is 14.8 Å². The van der Waals surface area contributed by atoms with Crippen molar-refractivity contribution in [1.29, 1.82) is 0 Å². The molecule has 0 unspecified atom stereocenters. The number of hydrogen-bond donors (Lipinski definition) is 1. The molecular formula is C21H24ClNO4. The molecule has 0 bridgehead atoms. The molecule has 0 saturated heterocycles. The van der Waals surface area contributed by atoms with E-state index in [9.17, 15) is 9.59 Å². The number of ether oxygens (including phenoxy) is 2. The second-order valence-corrected chi connectivity index (χ2v) is 6.78. The Hall–Kier alpha value is -2.53. The van der Waals surface area contributed by atoms with Gasteiger partial charge in [-0.15, -0.1) is 0 Å². The Morgan fingerprint density at radius 1 is 1.15 bits per heavy atom. The van der Waals surface area contributed by atoms with E-state index in [4.69, 9.17) is 21.1 Å². The standard InChI is InChI=1S/C21H24ClNO4/c1-6-26-21(25)16-7-8-18(17(22)11-16)23-20(24)15(5)27-19-10-12(2)9-13(3)14(19)4/h7-11,15H,6H2,1-5H3,(H,23,24)/t15-/m0/s1. The molecule has 0 radical (unpaired) electrons. The lowest BCUT2D eigenvalue weighted by molar-refractivity contribution is -0.122. The van der Waals surface area contributed by atoms with Crippen LogP contribution in [0, 0.1) is 20.8 Å². The molecule has 0 heterocycles. The smallest absolute Gasteiger partial charge is 0.338 e. The number of rotatable bonds is 6. The van der Waals surface area contributed by atoms with Crippen molar-refractivity contribution in [3.8, 4) is 5.75 Å². The van der Waals surface area contributed by atoms with Gasteiger partial charge in [0.2, 0.25) is 0 Å². The van der Waals surface area contributed by atoms with Gasteiger partial charge in [-0.25, -0.2) is 4.79 Å². The summed E-state index contributed by atoms with van der Waals surface area (Å²) in [5, 5.41) is 2.98. The number of aryl methyl sites for hydroxylation is 2. The zero-order valence-corrected chi connectivity index (χ0v) is 16.9. The zero-order valence-electron chi connectivity index (χ0n) is 16.2. The van der Waals surface area contributed by atoms with E-state index in [1.165, 1.54) is 6.07 Å². The fourth-order valence-corrected chi connectivity index (χ4v) is 2.79. The lowest BCUT2D eigenvalue weighted by Gasteiger charge is -2.18. The Morgan fingerprint density at radius 2 is 1.85 bits per heavy atom. The highest BCUT2D eigenvalue weighted by Gasteiger charge is 2.18. The van der Waals surface area contributed by atoms with Crippen molar-refractivity contribution in [3.63, 3.8) is 0 Å². The van der Waals surface area contributed by atoms with Crippen LogP contribution in [-0.4, -0.2) is 24.6 Å². The van der Waals surface area contributed by atoms with Crippen LogP contribution < -0.4 is 10.1 Å². The molecule has 6 heteroatoms. The number of esters is 1. The Bertz CT molecular complexity index is 864. The molecule has 144 valence electrons. The number of nitrogens with one attached hydrogen (secondary N) is 1. The highest BCUT2D eigenvalue weighted by molar-refractivity contribution is 6.34. The highest BCUT2D eigenvalue weighted by Crippen LogP contribution is 2.26. The van der Waals surface area contributed by atoms with Gasteiger partial charge in [-0.2, -0.15) is 0 Å². The predicted molar refractivity (Wildman–Crippen MR) is 107 cm³/mol. The van der Waals surface area contributed by atoms with E-state index in [0.717, 1.165) is 16.7 Å². The van der Waals surface area contributed by atoms with Gasteiger partial charge in [0.05, 0.1) is 22.9 Å². The lowest BCUT2D eigenvalue weighted by atomic mass is 10.1. The van der Waals surface area contributed by atoms with Gasteiger partial charge in [-0.1, -0.05) is 17.7 Å². The quantitative estimate of drug-likeness (QED) is 0.717. The summed E-state index contributed by atoms with van der Waals surface area (Å²) in [4.78, 5) is 24.2. The minimum absolute atomic E-state index is 0.253. The molecule has 1 amide bonds. The third-order valence-corrected chi connectivity index (χ3v) is 4.49. The highest BCUT2D eigenvalue weighted by atomic mass is 35.5. The molecule has 0 spiro atoms. The molecule has 2 aromatic rings. The van der Waals surface area contributed by atoms with Crippen molar-refractivity contribution in [2.24, 2.45) is 0 Å². The summed E-state index contributed by atoms with van der Waals surface area (Å²) in [6, 6.07) is 8.57. The number of carbonyl (C=O) groups excluding carboxylic acids is 2. The molecule has 5 nitrogen and oxygen atoms in total. The monoisotopic (exact) mass is 389 g/mol. The first-order valence-electron chi connectivity index (χ1n) is 8.75. The van der Waals surface area contributed by atoms with Crippen LogP contribution in [0.25, 0.3) is 0 Å². The number of carbonyl (C=O) groups is 2. The largest absolute Gasteiger partial charge is 0.481 e. The molecular weight excluding hydrogens is 366 g/mol. The maximum Gasteiger partial charge on any atom is 0.338 e. The first kappa shape index (κ1) is 20.8. The lowest BCUT2D eigenvalue weighted by Crippen LogP contribution is -2.30. The topological polar surface area (TPSA) is 64.6 Å². The molecule has 2 aromatic carbocycles. The van der Waals surface area contributed by atoms with Crippen molar-refractivity contribution in [1.82, 2.24) is 0 Å². The van der Waals surface area contributed by atoms with Gasteiger partial charge in [-0.3, -0.25) is 4.79 Å². The van der Waals surface area contributed by atoms with E-state index in [1.807, 2.05) is 26.8 Å². The molecule has 27 heavy (non-hydrogen) atoms. The Balaban J connectivity index is 2.09. The molecule has 1 atom stereocenters. The van der Waals surface area contributed by atoms with E-state index in [-0.39, 0.29) is 17.5 Å². The maximum absolute atomic E-state index is 12.5. The molecule has 0 saturated carbocycles. The third-order valence-electron chi connectivity index (χ3n) is 4.18. The summed E-state index contributed by atoms with van der Waals surface area (Å²) in [6.45, 7) is 9.63. The number of halogens is 1. The maximum atomic E-state index is 12.5. The van der Waals surface area contributed by atoms with Crippen molar-refractivity contribution in [2.45, 2.75) is 40.7 Å². The SMILES string of the molecule is CCOC(=O)c1ccc(NC(=O)[C@H](C)Oc2cc(C)cc(C)c2C)c(Cl)c1. The van der Waals surface area contributed by atoms with Gasteiger partial charge in [0.15, 0.2) is 6.10 Å². The van der Waals surface area contributed by atoms with Crippen molar-refractivity contribution >= 4 is 29.2 Å². The Morgan fingerprint density at radius 3 is 2.48 bits per heavy atom. The van der Waals surface area contributed by atoms with Crippen molar-refractivity contribution < 1.29 is 19.1 Å². The summed E-state index contributed by atoms with van der Waals surface area (Å²) >= 11 is 6.19. The summed E-state index contributed by atoms with van der Waals surface area (Å²) in [6.07, 6.45) is -0.717. The van der Waals surface area contributed by atoms with Crippen LogP contribution in [-0.2, 0) is 9.53 Å². The van der Waals surface area contributed by atoms with E-state index < -0.39 is 12.1 Å². The van der Waals surface area contributed by atoms with Gasteiger partial charge in [-0.05, 0) is 75.6 Å². The van der Waals surface area contributed by atoms with Crippen LogP contribution in [0.4, 0.5) is 5.69 Å². The molecule has 0 aliphatic carbocycles. The van der Waals surface area contributed by atoms with Gasteiger partial charge in [0, 0.05) is 0 Å². The Labute approximate surface area is 164 Å². The normalized spacial score (nSPS) is 11.6. The number of benzene rings is 2. The molecule has 2 rings (SSSR count). The average molecular weight is 390 g/mol. The molecule has 0 aliphatic rings. The summed E-state index contributed by atoms with van der Waals surface area (Å²) in [5.41, 5.74) is 3.91. The predicted octanol–water partition coefficient (Wildman–Crippen LogP) is 4.85. The first-order valence-corrected chi connectivity index (χ1v) is 9.12. The molecule has 0 aliphatic heterocycles. The van der Waals surface area contributed by atoms with Crippen molar-refractivity contribution in [2.75, 3.05) is 11.9 Å². The minimum atomic E-state index is -0.717. The summed E-state index contributed by atoms with van der Waals surface area (Å²) in [5.74, 6) is -0.113. The van der Waals surface area contributed by atoms with Crippen LogP contribution in [0.3, 0.4) is 0 Å². The van der Waals surface area contributed by atoms with E-state index in [2.05, 4.69) is 11.4 Å². The van der Waals surface area contributed by atoms with Gasteiger partial charge in [0.25, 0.3) is 5.91 Å². The van der Waals surface area contributed by atoms with Gasteiger partial charge >= 0.3 is 5.97 Å². The van der Waals surface area contributed by atoms with E-state index in [0.29, 0.717) is 17.0 Å². The average Bonchev–Trinajstić information content (AvgIpc) is 2.60. The molecule has 1 N–H and O–H groups in total. The summed E-state index contributed by atoms with van der Waals surface area (Å²) in [7, 11) is 0. The fraction of sp³-hybridized carbons (Fsp3) is 0.333. The molecule has 0 fully saturated rings. The zero-order chi connectivity index (χ0) is 20.1. The minimum Gasteiger partial charge on any atom is -0.481 e. The number of anilines is 1. The fourth-order valence-electron chi connectivity index (χ4n) is 2.56. The third kappa shape index (κ3) is 5.23. The van der Waals surface area contributed by atoms with Crippen LogP contribution in [0.15, 0.2) is 30.3 Å². The first-order chi connectivity index (χ1) is 12.7. The van der Waals surface area contributed by atoms with Crippen LogP contribution in [0.2, 0.25) is 5.02 Å². The van der Waals surface area contributed by atoms with Crippen LogP contribution in [0.5, 0.6) is 5.75 Å². The number of hydrogen-bond acceptors (Lipinski definition) is 4. The van der Waals surface area contributed by atoms with E-state index >= 15 is 0 Å². The van der Waals surface area contributed by atoms with Crippen molar-refractivity contribution in [3.05, 3.63) is 57.6 Å². The van der Waals surface area contributed by atoms with E-state index in [1.54, 1.807) is 26.0 Å². The van der Waals surface area contributed by atoms with Gasteiger partial charge in [0.1, 0.15) is 5.75 Å². The molecule has 0 aromatic heterocycles. The second kappa shape index (κ2) is 8.91. The summed E-state index contributed by atoms with van der Waals surface area (Å²) < 4.78 is 10.8. The van der Waals surface area contributed by atoms with Crippen LogP contribution in [0.1, 0.15) is 40.9 Å². The number of amides is 1.